The minimum atomic E-state index is -4.80. The summed E-state index contributed by atoms with van der Waals surface area (Å²) in [5.74, 6) is -1.29. The Labute approximate surface area is 109 Å². The van der Waals surface area contributed by atoms with Gasteiger partial charge in [-0.2, -0.15) is 13.2 Å². The van der Waals surface area contributed by atoms with Crippen LogP contribution in [0, 0.1) is 0 Å². The summed E-state index contributed by atoms with van der Waals surface area (Å²) in [5.41, 5.74) is 3.22. The maximum Gasteiger partial charge on any atom is 0.415 e. The molecule has 1 amide bonds. The van der Waals surface area contributed by atoms with Crippen LogP contribution in [0.2, 0.25) is 0 Å². The molecule has 106 valence electrons. The summed E-state index contributed by atoms with van der Waals surface area (Å²) < 4.78 is 37.7. The van der Waals surface area contributed by atoms with Crippen LogP contribution in [0.1, 0.15) is 6.92 Å². The van der Waals surface area contributed by atoms with Crippen LogP contribution in [0.4, 0.5) is 24.5 Å². The van der Waals surface area contributed by atoms with Crippen LogP contribution < -0.4 is 16.0 Å². The van der Waals surface area contributed by atoms with Gasteiger partial charge in [0.15, 0.2) is 5.54 Å². The third-order valence-electron chi connectivity index (χ3n) is 2.70. The molecule has 0 saturated carbocycles. The molecule has 0 aromatic heterocycles. The number of nitrogens with two attached hydrogens (primary N) is 1. The highest BCUT2D eigenvalue weighted by Gasteiger charge is 2.53. The fourth-order valence-corrected chi connectivity index (χ4v) is 1.23. The Kier molecular flexibility index (Phi) is 4.09. The fraction of sp³-hybridized carbons (Fsp3) is 0.417. The number of nitrogens with zero attached hydrogens (tertiary/aromatic N) is 1. The summed E-state index contributed by atoms with van der Waals surface area (Å²) in [6, 6.07) is 6.38. The van der Waals surface area contributed by atoms with Gasteiger partial charge in [0.25, 0.3) is 5.91 Å². The van der Waals surface area contributed by atoms with Crippen LogP contribution in [-0.4, -0.2) is 31.7 Å². The molecule has 1 rings (SSSR count). The summed E-state index contributed by atoms with van der Waals surface area (Å²) in [5, 5.41) is 2.15. The average molecular weight is 275 g/mol. The van der Waals surface area contributed by atoms with E-state index in [-0.39, 0.29) is 5.69 Å². The number of rotatable bonds is 3. The molecule has 19 heavy (non-hydrogen) atoms. The van der Waals surface area contributed by atoms with Crippen LogP contribution in [0.5, 0.6) is 0 Å². The first-order valence-electron chi connectivity index (χ1n) is 5.50. The lowest BCUT2D eigenvalue weighted by molar-refractivity contribution is -0.184. The molecule has 4 nitrogen and oxygen atoms in total. The van der Waals surface area contributed by atoms with Gasteiger partial charge in [-0.1, -0.05) is 0 Å². The van der Waals surface area contributed by atoms with E-state index in [9.17, 15) is 18.0 Å². The number of carbonyl (C=O) groups excluding carboxylic acids is 1. The van der Waals surface area contributed by atoms with E-state index in [1.54, 1.807) is 12.1 Å². The Morgan fingerprint density at radius 3 is 2.05 bits per heavy atom. The zero-order chi connectivity index (χ0) is 14.8. The number of amides is 1. The van der Waals surface area contributed by atoms with Crippen molar-refractivity contribution in [3.63, 3.8) is 0 Å². The summed E-state index contributed by atoms with van der Waals surface area (Å²) in [6.07, 6.45) is -4.80. The molecule has 0 aliphatic carbocycles. The monoisotopic (exact) mass is 275 g/mol. The lowest BCUT2D eigenvalue weighted by atomic mass is 10.0. The van der Waals surface area contributed by atoms with Crippen molar-refractivity contribution in [3.05, 3.63) is 24.3 Å². The van der Waals surface area contributed by atoms with Crippen molar-refractivity contribution in [2.24, 2.45) is 5.73 Å². The fourth-order valence-electron chi connectivity index (χ4n) is 1.23. The largest absolute Gasteiger partial charge is 0.415 e. The molecular formula is C12H16F3N3O. The molecule has 1 unspecified atom stereocenters. The Morgan fingerprint density at radius 2 is 1.68 bits per heavy atom. The smallest absolute Gasteiger partial charge is 0.378 e. The van der Waals surface area contributed by atoms with E-state index in [2.05, 4.69) is 5.32 Å². The van der Waals surface area contributed by atoms with Crippen molar-refractivity contribution in [1.82, 2.24) is 0 Å². The molecule has 0 heterocycles. The van der Waals surface area contributed by atoms with E-state index in [4.69, 9.17) is 5.73 Å². The molecule has 0 bridgehead atoms. The van der Waals surface area contributed by atoms with Crippen LogP contribution in [-0.2, 0) is 4.79 Å². The van der Waals surface area contributed by atoms with E-state index in [0.29, 0.717) is 6.92 Å². The van der Waals surface area contributed by atoms with Gasteiger partial charge in [0, 0.05) is 25.5 Å². The Balaban J connectivity index is 2.83. The summed E-state index contributed by atoms with van der Waals surface area (Å²) in [6.45, 7) is 0.635. The van der Waals surface area contributed by atoms with Gasteiger partial charge in [-0.15, -0.1) is 0 Å². The highest BCUT2D eigenvalue weighted by atomic mass is 19.4. The minimum absolute atomic E-state index is 0.261. The first-order valence-corrected chi connectivity index (χ1v) is 5.50. The summed E-state index contributed by atoms with van der Waals surface area (Å²) in [4.78, 5) is 13.4. The van der Waals surface area contributed by atoms with Crippen LogP contribution in [0.3, 0.4) is 0 Å². The van der Waals surface area contributed by atoms with Gasteiger partial charge in [0.2, 0.25) is 0 Å². The molecule has 3 N–H and O–H groups in total. The van der Waals surface area contributed by atoms with Gasteiger partial charge < -0.3 is 16.0 Å². The SMILES string of the molecule is CN(C)c1ccc(NC(=O)C(C)(N)C(F)(F)F)cc1. The molecule has 1 aromatic carbocycles. The Bertz CT molecular complexity index is 452. The Hall–Kier alpha value is -1.76. The lowest BCUT2D eigenvalue weighted by Gasteiger charge is -2.26. The topological polar surface area (TPSA) is 58.4 Å². The highest BCUT2D eigenvalue weighted by molar-refractivity contribution is 5.98. The standard InChI is InChI=1S/C12H16F3N3O/c1-11(16,12(13,14)15)10(19)17-8-4-6-9(7-5-8)18(2)3/h4-7H,16H2,1-3H3,(H,17,19). The van der Waals surface area contributed by atoms with E-state index >= 15 is 0 Å². The van der Waals surface area contributed by atoms with Gasteiger partial charge >= 0.3 is 6.18 Å². The van der Waals surface area contributed by atoms with Gasteiger partial charge in [-0.05, 0) is 31.2 Å². The molecule has 7 heteroatoms. The van der Waals surface area contributed by atoms with Crippen LogP contribution in [0.15, 0.2) is 24.3 Å². The van der Waals surface area contributed by atoms with Crippen molar-refractivity contribution in [2.75, 3.05) is 24.3 Å². The zero-order valence-corrected chi connectivity index (χ0v) is 10.9. The third-order valence-corrected chi connectivity index (χ3v) is 2.70. The molecule has 0 saturated heterocycles. The second-order valence-corrected chi connectivity index (χ2v) is 4.60. The number of halogens is 3. The van der Waals surface area contributed by atoms with Crippen molar-refractivity contribution in [1.29, 1.82) is 0 Å². The third kappa shape index (κ3) is 3.37. The molecule has 0 fully saturated rings. The average Bonchev–Trinajstić information content (AvgIpc) is 2.28. The van der Waals surface area contributed by atoms with E-state index in [0.717, 1.165) is 5.69 Å². The molecule has 0 spiro atoms. The predicted octanol–water partition coefficient (Wildman–Crippen LogP) is 1.97. The van der Waals surface area contributed by atoms with Gasteiger partial charge in [-0.3, -0.25) is 4.79 Å². The lowest BCUT2D eigenvalue weighted by Crippen LogP contribution is -2.59. The summed E-state index contributed by atoms with van der Waals surface area (Å²) in [7, 11) is 3.66. The minimum Gasteiger partial charge on any atom is -0.378 e. The maximum absolute atomic E-state index is 12.6. The van der Waals surface area contributed by atoms with E-state index in [1.165, 1.54) is 12.1 Å². The Morgan fingerprint density at radius 1 is 1.21 bits per heavy atom. The number of benzene rings is 1. The molecule has 0 radical (unpaired) electrons. The second kappa shape index (κ2) is 5.08. The maximum atomic E-state index is 12.6. The van der Waals surface area contributed by atoms with Crippen molar-refractivity contribution in [2.45, 2.75) is 18.6 Å². The van der Waals surface area contributed by atoms with Crippen molar-refractivity contribution < 1.29 is 18.0 Å². The molecule has 1 aromatic rings. The normalized spacial score (nSPS) is 14.7. The quantitative estimate of drug-likeness (QED) is 0.886. The first-order chi connectivity index (χ1) is 8.55. The number of hydrogen-bond acceptors (Lipinski definition) is 3. The number of alkyl halides is 3. The van der Waals surface area contributed by atoms with E-state index < -0.39 is 17.6 Å². The molecule has 1 atom stereocenters. The predicted molar refractivity (Wildman–Crippen MR) is 68.0 cm³/mol. The molecule has 0 aliphatic heterocycles. The van der Waals surface area contributed by atoms with E-state index in [1.807, 2.05) is 19.0 Å². The van der Waals surface area contributed by atoms with Gasteiger partial charge in [0.1, 0.15) is 0 Å². The van der Waals surface area contributed by atoms with Crippen molar-refractivity contribution >= 4 is 17.3 Å². The van der Waals surface area contributed by atoms with Crippen molar-refractivity contribution in [3.8, 4) is 0 Å². The molecular weight excluding hydrogens is 259 g/mol. The van der Waals surface area contributed by atoms with Crippen LogP contribution in [0.25, 0.3) is 0 Å². The van der Waals surface area contributed by atoms with Gasteiger partial charge in [-0.25, -0.2) is 0 Å². The number of carbonyl (C=O) groups is 1. The first kappa shape index (κ1) is 15.3. The second-order valence-electron chi connectivity index (χ2n) is 4.60. The molecule has 0 aliphatic rings. The number of nitrogens with one attached hydrogen (secondary N) is 1. The zero-order valence-electron chi connectivity index (χ0n) is 10.9. The highest BCUT2D eigenvalue weighted by Crippen LogP contribution is 2.29. The number of anilines is 2. The van der Waals surface area contributed by atoms with Crippen LogP contribution >= 0.6 is 0 Å². The number of hydrogen-bond donors (Lipinski definition) is 2. The summed E-state index contributed by atoms with van der Waals surface area (Å²) >= 11 is 0. The van der Waals surface area contributed by atoms with Gasteiger partial charge in [0.05, 0.1) is 0 Å².